The van der Waals surface area contributed by atoms with Crippen LogP contribution < -0.4 is 10.1 Å². The summed E-state index contributed by atoms with van der Waals surface area (Å²) in [5, 5.41) is 4.54. The van der Waals surface area contributed by atoms with Crippen LogP contribution in [0.3, 0.4) is 0 Å². The van der Waals surface area contributed by atoms with Crippen LogP contribution in [0.1, 0.15) is 24.2 Å². The molecule has 4 nitrogen and oxygen atoms in total. The van der Waals surface area contributed by atoms with Gasteiger partial charge in [0.2, 0.25) is 5.88 Å². The highest BCUT2D eigenvalue weighted by atomic mass is 35.5. The third-order valence-electron chi connectivity index (χ3n) is 3.14. The van der Waals surface area contributed by atoms with E-state index in [-0.39, 0.29) is 6.04 Å². The Labute approximate surface area is 134 Å². The van der Waals surface area contributed by atoms with Crippen LogP contribution in [0.2, 0.25) is 10.0 Å². The predicted octanol–water partition coefficient (Wildman–Crippen LogP) is 3.69. The van der Waals surface area contributed by atoms with Crippen molar-refractivity contribution in [3.05, 3.63) is 51.9 Å². The van der Waals surface area contributed by atoms with Crippen LogP contribution in [-0.4, -0.2) is 23.6 Å². The molecule has 2 aromatic rings. The summed E-state index contributed by atoms with van der Waals surface area (Å²) in [6.07, 6.45) is 2.19. The molecule has 112 valence electrons. The Balaban J connectivity index is 2.28. The SMILES string of the molecule is CCNC(Cc1cccc(Cl)c1Cl)c1cc(OC)ncn1. The zero-order valence-electron chi connectivity index (χ0n) is 11.9. The van der Waals surface area contributed by atoms with E-state index in [4.69, 9.17) is 27.9 Å². The number of hydrogen-bond donors (Lipinski definition) is 1. The summed E-state index contributed by atoms with van der Waals surface area (Å²) in [6.45, 7) is 2.86. The van der Waals surface area contributed by atoms with Crippen LogP contribution in [0.25, 0.3) is 0 Å². The van der Waals surface area contributed by atoms with Gasteiger partial charge in [-0.25, -0.2) is 9.97 Å². The fourth-order valence-corrected chi connectivity index (χ4v) is 2.51. The molecule has 0 bridgehead atoms. The molecule has 0 aliphatic rings. The first-order chi connectivity index (χ1) is 10.2. The Kier molecular flexibility index (Phi) is 5.79. The molecule has 2 rings (SSSR count). The van der Waals surface area contributed by atoms with E-state index in [1.165, 1.54) is 6.33 Å². The van der Waals surface area contributed by atoms with Gasteiger partial charge in [-0.3, -0.25) is 0 Å². The zero-order valence-corrected chi connectivity index (χ0v) is 13.4. The largest absolute Gasteiger partial charge is 0.481 e. The molecule has 0 aliphatic heterocycles. The van der Waals surface area contributed by atoms with Crippen molar-refractivity contribution in [1.82, 2.24) is 15.3 Å². The van der Waals surface area contributed by atoms with Crippen LogP contribution in [0.5, 0.6) is 5.88 Å². The Bertz CT molecular complexity index is 607. The van der Waals surface area contributed by atoms with Crippen molar-refractivity contribution in [2.24, 2.45) is 0 Å². The summed E-state index contributed by atoms with van der Waals surface area (Å²) in [5.74, 6) is 0.542. The van der Waals surface area contributed by atoms with Gasteiger partial charge in [-0.15, -0.1) is 0 Å². The normalized spacial score (nSPS) is 12.2. The summed E-state index contributed by atoms with van der Waals surface area (Å²) in [6, 6.07) is 7.49. The standard InChI is InChI=1S/C15H17Cl2N3O/c1-3-18-12(13-8-14(21-2)20-9-19-13)7-10-5-4-6-11(16)15(10)17/h4-6,8-9,12,18H,3,7H2,1-2H3. The molecular weight excluding hydrogens is 309 g/mol. The van der Waals surface area contributed by atoms with Crippen molar-refractivity contribution in [1.29, 1.82) is 0 Å². The molecule has 1 aromatic heterocycles. The van der Waals surface area contributed by atoms with Crippen LogP contribution in [0.15, 0.2) is 30.6 Å². The minimum Gasteiger partial charge on any atom is -0.481 e. The van der Waals surface area contributed by atoms with Gasteiger partial charge in [0.05, 0.1) is 28.9 Å². The molecular formula is C15H17Cl2N3O. The molecule has 6 heteroatoms. The molecule has 1 atom stereocenters. The van der Waals surface area contributed by atoms with Crippen LogP contribution in [0.4, 0.5) is 0 Å². The first-order valence-corrected chi connectivity index (χ1v) is 7.43. The van der Waals surface area contributed by atoms with Gasteiger partial charge in [0.1, 0.15) is 6.33 Å². The van der Waals surface area contributed by atoms with Gasteiger partial charge in [0, 0.05) is 6.07 Å². The van der Waals surface area contributed by atoms with Gasteiger partial charge in [-0.05, 0) is 24.6 Å². The topological polar surface area (TPSA) is 47.0 Å². The second-order valence-corrected chi connectivity index (χ2v) is 5.30. The van der Waals surface area contributed by atoms with Crippen LogP contribution in [0, 0.1) is 0 Å². The van der Waals surface area contributed by atoms with Crippen molar-refractivity contribution in [3.63, 3.8) is 0 Å². The Morgan fingerprint density at radius 2 is 2.10 bits per heavy atom. The maximum Gasteiger partial charge on any atom is 0.216 e. The van der Waals surface area contributed by atoms with Gasteiger partial charge in [0.15, 0.2) is 0 Å². The van der Waals surface area contributed by atoms with Gasteiger partial charge >= 0.3 is 0 Å². The monoisotopic (exact) mass is 325 g/mol. The van der Waals surface area contributed by atoms with Gasteiger partial charge in [0.25, 0.3) is 0 Å². The van der Waals surface area contributed by atoms with E-state index in [2.05, 4.69) is 15.3 Å². The smallest absolute Gasteiger partial charge is 0.216 e. The average molecular weight is 326 g/mol. The van der Waals surface area contributed by atoms with E-state index in [0.717, 1.165) is 17.8 Å². The lowest BCUT2D eigenvalue weighted by Crippen LogP contribution is -2.24. The maximum absolute atomic E-state index is 6.27. The fraction of sp³-hybridized carbons (Fsp3) is 0.333. The summed E-state index contributed by atoms with van der Waals surface area (Å²) in [5.41, 5.74) is 1.84. The number of aromatic nitrogens is 2. The van der Waals surface area contributed by atoms with Crippen molar-refractivity contribution >= 4 is 23.2 Å². The second-order valence-electron chi connectivity index (χ2n) is 4.51. The molecule has 0 fully saturated rings. The average Bonchev–Trinajstić information content (AvgIpc) is 2.51. The minimum absolute atomic E-state index is 0.0165. The molecule has 1 N–H and O–H groups in total. The molecule has 0 radical (unpaired) electrons. The zero-order chi connectivity index (χ0) is 15.2. The molecule has 0 aliphatic carbocycles. The number of halogens is 2. The highest BCUT2D eigenvalue weighted by Gasteiger charge is 2.16. The molecule has 0 spiro atoms. The Morgan fingerprint density at radius 3 is 2.81 bits per heavy atom. The molecule has 1 aromatic carbocycles. The van der Waals surface area contributed by atoms with E-state index in [9.17, 15) is 0 Å². The molecule has 0 amide bonds. The number of ether oxygens (including phenoxy) is 1. The molecule has 1 heterocycles. The predicted molar refractivity (Wildman–Crippen MR) is 85.2 cm³/mol. The Morgan fingerprint density at radius 1 is 1.29 bits per heavy atom. The van der Waals surface area contributed by atoms with E-state index in [1.54, 1.807) is 13.2 Å². The summed E-state index contributed by atoms with van der Waals surface area (Å²) in [4.78, 5) is 8.36. The lowest BCUT2D eigenvalue weighted by Gasteiger charge is -2.18. The van der Waals surface area contributed by atoms with Crippen molar-refractivity contribution in [3.8, 4) is 5.88 Å². The molecule has 21 heavy (non-hydrogen) atoms. The summed E-state index contributed by atoms with van der Waals surface area (Å²) >= 11 is 12.3. The maximum atomic E-state index is 6.27. The number of rotatable bonds is 6. The van der Waals surface area contributed by atoms with E-state index in [1.807, 2.05) is 25.1 Å². The number of benzene rings is 1. The number of hydrogen-bond acceptors (Lipinski definition) is 4. The van der Waals surface area contributed by atoms with Gasteiger partial charge in [-0.2, -0.15) is 0 Å². The van der Waals surface area contributed by atoms with Gasteiger partial charge < -0.3 is 10.1 Å². The van der Waals surface area contributed by atoms with Crippen molar-refractivity contribution in [2.45, 2.75) is 19.4 Å². The molecule has 0 saturated heterocycles. The Hall–Kier alpha value is -1.36. The lowest BCUT2D eigenvalue weighted by molar-refractivity contribution is 0.393. The number of likely N-dealkylation sites (N-methyl/N-ethyl adjacent to an activating group) is 1. The van der Waals surface area contributed by atoms with E-state index < -0.39 is 0 Å². The van der Waals surface area contributed by atoms with Gasteiger partial charge in [-0.1, -0.05) is 42.3 Å². The van der Waals surface area contributed by atoms with E-state index in [0.29, 0.717) is 22.3 Å². The number of nitrogens with zero attached hydrogens (tertiary/aromatic N) is 2. The summed E-state index contributed by atoms with van der Waals surface area (Å²) in [7, 11) is 1.59. The fourth-order valence-electron chi connectivity index (χ4n) is 2.11. The molecule has 0 saturated carbocycles. The lowest BCUT2D eigenvalue weighted by atomic mass is 10.0. The highest BCUT2D eigenvalue weighted by molar-refractivity contribution is 6.42. The van der Waals surface area contributed by atoms with Crippen molar-refractivity contribution in [2.75, 3.05) is 13.7 Å². The van der Waals surface area contributed by atoms with Crippen molar-refractivity contribution < 1.29 is 4.74 Å². The first kappa shape index (κ1) is 16.0. The number of nitrogens with one attached hydrogen (secondary N) is 1. The first-order valence-electron chi connectivity index (χ1n) is 6.68. The molecule has 1 unspecified atom stereocenters. The third kappa shape index (κ3) is 4.06. The number of methoxy groups -OCH3 is 1. The van der Waals surface area contributed by atoms with Crippen LogP contribution in [-0.2, 0) is 6.42 Å². The van der Waals surface area contributed by atoms with Crippen LogP contribution >= 0.6 is 23.2 Å². The van der Waals surface area contributed by atoms with E-state index >= 15 is 0 Å². The summed E-state index contributed by atoms with van der Waals surface area (Å²) < 4.78 is 5.15. The third-order valence-corrected chi connectivity index (χ3v) is 3.99. The minimum atomic E-state index is 0.0165. The second kappa shape index (κ2) is 7.59. The quantitative estimate of drug-likeness (QED) is 0.879. The highest BCUT2D eigenvalue weighted by Crippen LogP contribution is 2.29.